The van der Waals surface area contributed by atoms with Gasteiger partial charge in [0.2, 0.25) is 5.91 Å². The maximum atomic E-state index is 15.0. The van der Waals surface area contributed by atoms with Gasteiger partial charge < -0.3 is 29.4 Å². The van der Waals surface area contributed by atoms with Gasteiger partial charge in [-0.05, 0) is 39.1 Å². The van der Waals surface area contributed by atoms with Crippen LogP contribution in [0.3, 0.4) is 0 Å². The average Bonchev–Trinajstić information content (AvgIpc) is 3.02. The number of aromatic hydroxyl groups is 1. The lowest BCUT2D eigenvalue weighted by molar-refractivity contribution is -0.130. The molecule has 1 aromatic carbocycles. The van der Waals surface area contributed by atoms with Gasteiger partial charge >= 0.3 is 0 Å². The second-order valence-electron chi connectivity index (χ2n) is 10.2. The first kappa shape index (κ1) is 26.2. The Morgan fingerprint density at radius 1 is 1.21 bits per heavy atom. The van der Waals surface area contributed by atoms with E-state index in [2.05, 4.69) is 11.5 Å². The highest BCUT2D eigenvalue weighted by atomic mass is 35.5. The molecule has 1 unspecified atom stereocenters. The van der Waals surface area contributed by atoms with E-state index < -0.39 is 11.9 Å². The van der Waals surface area contributed by atoms with E-state index in [1.165, 1.54) is 24.3 Å². The third-order valence-electron chi connectivity index (χ3n) is 7.55. The summed E-state index contributed by atoms with van der Waals surface area (Å²) in [4.78, 5) is 39.0. The minimum absolute atomic E-state index is 0.00586. The molecular weight excluding hydrogens is 513 g/mol. The van der Waals surface area contributed by atoms with Crippen LogP contribution in [0.5, 0.6) is 11.5 Å². The molecule has 0 aliphatic carbocycles. The van der Waals surface area contributed by atoms with Gasteiger partial charge in [-0.3, -0.25) is 9.59 Å². The number of hydrogen-bond donors (Lipinski definition) is 1. The molecule has 3 atom stereocenters. The molecule has 202 valence electrons. The fourth-order valence-electron chi connectivity index (χ4n) is 5.73. The van der Waals surface area contributed by atoms with Crippen LogP contribution in [0, 0.1) is 5.82 Å². The molecule has 38 heavy (non-hydrogen) atoms. The highest BCUT2D eigenvalue weighted by Crippen LogP contribution is 2.46. The van der Waals surface area contributed by atoms with Gasteiger partial charge in [0, 0.05) is 44.8 Å². The maximum Gasteiger partial charge on any atom is 0.262 e. The van der Waals surface area contributed by atoms with Crippen molar-refractivity contribution in [1.82, 2.24) is 19.7 Å². The van der Waals surface area contributed by atoms with Gasteiger partial charge in [0.25, 0.3) is 5.91 Å². The van der Waals surface area contributed by atoms with Crippen LogP contribution in [-0.4, -0.2) is 101 Å². The summed E-state index contributed by atoms with van der Waals surface area (Å²) in [6.07, 6.45) is 1.26. The lowest BCUT2D eigenvalue weighted by Crippen LogP contribution is -2.61. The molecule has 5 rings (SSSR count). The van der Waals surface area contributed by atoms with Crippen LogP contribution >= 0.6 is 11.6 Å². The Labute approximate surface area is 226 Å². The number of anilines is 1. The van der Waals surface area contributed by atoms with Crippen molar-refractivity contribution in [2.24, 2.45) is 0 Å². The second kappa shape index (κ2) is 10.1. The van der Waals surface area contributed by atoms with E-state index in [9.17, 15) is 14.7 Å². The van der Waals surface area contributed by atoms with Crippen molar-refractivity contribution < 1.29 is 23.8 Å². The summed E-state index contributed by atoms with van der Waals surface area (Å²) in [5.41, 5.74) is 0.0626. The number of amides is 2. The van der Waals surface area contributed by atoms with Gasteiger partial charge in [-0.2, -0.15) is 0 Å². The second-order valence-corrected chi connectivity index (χ2v) is 10.6. The van der Waals surface area contributed by atoms with Crippen LogP contribution in [0.1, 0.15) is 24.2 Å². The van der Waals surface area contributed by atoms with Crippen molar-refractivity contribution in [3.05, 3.63) is 47.3 Å². The van der Waals surface area contributed by atoms with E-state index in [1.54, 1.807) is 9.80 Å². The molecule has 3 aliphatic rings. The van der Waals surface area contributed by atoms with E-state index in [0.717, 1.165) is 13.1 Å². The molecule has 0 bridgehead atoms. The molecule has 3 aliphatic heterocycles. The number of piperazine rings is 2. The zero-order valence-electron chi connectivity index (χ0n) is 21.7. The normalized spacial score (nSPS) is 23.9. The molecule has 2 aromatic rings. The highest BCUT2D eigenvalue weighted by molar-refractivity contribution is 6.35. The Kier molecular flexibility index (Phi) is 6.96. The molecule has 2 amide bonds. The molecule has 11 heteroatoms. The number of phenolic OH excluding ortho intramolecular Hbond substituents is 1. The van der Waals surface area contributed by atoms with Gasteiger partial charge in [-0.15, -0.1) is 0 Å². The van der Waals surface area contributed by atoms with Crippen LogP contribution in [-0.2, 0) is 4.79 Å². The van der Waals surface area contributed by atoms with Crippen LogP contribution in [0.4, 0.5) is 10.2 Å². The first-order valence-electron chi connectivity index (χ1n) is 12.7. The van der Waals surface area contributed by atoms with Gasteiger partial charge in [-0.25, -0.2) is 9.37 Å². The summed E-state index contributed by atoms with van der Waals surface area (Å²) in [6.45, 7) is 10.3. The number of fused-ring (bicyclic) bond motifs is 2. The van der Waals surface area contributed by atoms with E-state index in [0.29, 0.717) is 18.9 Å². The van der Waals surface area contributed by atoms with E-state index in [1.807, 2.05) is 25.8 Å². The topological polar surface area (TPSA) is 89.5 Å². The number of aromatic nitrogens is 1. The maximum absolute atomic E-state index is 15.0. The number of phenols is 1. The third-order valence-corrected chi connectivity index (χ3v) is 7.90. The van der Waals surface area contributed by atoms with E-state index in [-0.39, 0.29) is 70.4 Å². The molecule has 2 fully saturated rings. The van der Waals surface area contributed by atoms with Gasteiger partial charge in [0.15, 0.2) is 5.75 Å². The Morgan fingerprint density at radius 2 is 1.97 bits per heavy atom. The summed E-state index contributed by atoms with van der Waals surface area (Å²) in [5, 5.41) is 10.5. The predicted octanol–water partition coefficient (Wildman–Crippen LogP) is 3.01. The van der Waals surface area contributed by atoms with E-state index in [4.69, 9.17) is 21.3 Å². The number of rotatable bonds is 3. The monoisotopic (exact) mass is 543 g/mol. The van der Waals surface area contributed by atoms with Gasteiger partial charge in [0.1, 0.15) is 40.3 Å². The number of nitrogens with zero attached hydrogens (tertiary/aromatic N) is 5. The Morgan fingerprint density at radius 3 is 2.66 bits per heavy atom. The Bertz CT molecular complexity index is 1290. The largest absolute Gasteiger partial charge is 0.507 e. The van der Waals surface area contributed by atoms with Crippen LogP contribution in [0.15, 0.2) is 30.9 Å². The first-order valence-corrected chi connectivity index (χ1v) is 13.0. The number of benzene rings is 1. The molecular formula is C27H31ClFN5O4. The molecule has 2 saturated heterocycles. The molecule has 9 nitrogen and oxygen atoms in total. The van der Waals surface area contributed by atoms with Crippen LogP contribution < -0.4 is 9.64 Å². The Balaban J connectivity index is 1.69. The number of carbonyl (C=O) groups is 2. The molecule has 0 spiro atoms. The van der Waals surface area contributed by atoms with Crippen molar-refractivity contribution in [2.75, 3.05) is 51.3 Å². The molecule has 0 saturated carbocycles. The fourth-order valence-corrected chi connectivity index (χ4v) is 6.02. The molecule has 1 aromatic heterocycles. The quantitative estimate of drug-likeness (QED) is 0.595. The third kappa shape index (κ3) is 4.35. The van der Waals surface area contributed by atoms with Crippen LogP contribution in [0.25, 0.3) is 11.3 Å². The Hall–Kier alpha value is -3.37. The summed E-state index contributed by atoms with van der Waals surface area (Å²) in [7, 11) is 2.02. The molecule has 1 N–H and O–H groups in total. The van der Waals surface area contributed by atoms with Gasteiger partial charge in [-0.1, -0.05) is 24.2 Å². The zero-order chi connectivity index (χ0) is 27.3. The number of pyridine rings is 1. The van der Waals surface area contributed by atoms with Gasteiger partial charge in [0.05, 0.1) is 11.6 Å². The van der Waals surface area contributed by atoms with Crippen molar-refractivity contribution in [3.8, 4) is 22.8 Å². The lowest BCUT2D eigenvalue weighted by Gasteiger charge is -2.44. The predicted molar refractivity (Wildman–Crippen MR) is 142 cm³/mol. The van der Waals surface area contributed by atoms with Crippen molar-refractivity contribution in [2.45, 2.75) is 32.0 Å². The number of likely N-dealkylation sites (N-methyl/N-ethyl adjacent to an activating group) is 1. The van der Waals surface area contributed by atoms with Crippen LogP contribution in [0.2, 0.25) is 5.02 Å². The zero-order valence-corrected chi connectivity index (χ0v) is 22.4. The standard InChI is InChI=1S/C27H31ClFN5O4/c1-5-20(36)32-12-16(3)34-17(13-32)14-38-25-22(27(34)37)26(33-10-9-31(4)11-15(33)2)30-24(23(25)28)21-18(29)7-6-8-19(21)35/h5-8,15-17,35H,1,9-14H2,2-4H3/t15-,16+,17?/m0/s1. The summed E-state index contributed by atoms with van der Waals surface area (Å²) >= 11 is 6.81. The van der Waals surface area contributed by atoms with Crippen molar-refractivity contribution in [3.63, 3.8) is 0 Å². The SMILES string of the molecule is C=CC(=O)N1CC2COc3c(Cl)c(-c4c(O)cccc4F)nc(N4CCN(C)C[C@@H]4C)c3C(=O)N2[C@H](C)C1. The number of halogens is 2. The molecule has 0 radical (unpaired) electrons. The fraction of sp³-hybridized carbons (Fsp3) is 0.444. The summed E-state index contributed by atoms with van der Waals surface area (Å²) in [5.74, 6) is -1.09. The lowest BCUT2D eigenvalue weighted by atomic mass is 10.0. The first-order chi connectivity index (χ1) is 18.1. The smallest absolute Gasteiger partial charge is 0.262 e. The summed E-state index contributed by atoms with van der Waals surface area (Å²) < 4.78 is 21.2. The molecule has 4 heterocycles. The minimum Gasteiger partial charge on any atom is -0.507 e. The highest BCUT2D eigenvalue weighted by Gasteiger charge is 2.44. The van der Waals surface area contributed by atoms with E-state index >= 15 is 4.39 Å². The number of carbonyl (C=O) groups excluding carboxylic acids is 2. The average molecular weight is 544 g/mol. The van der Waals surface area contributed by atoms with Crippen molar-refractivity contribution in [1.29, 1.82) is 0 Å². The minimum atomic E-state index is -0.693. The van der Waals surface area contributed by atoms with Crippen molar-refractivity contribution >= 4 is 29.2 Å². The summed E-state index contributed by atoms with van der Waals surface area (Å²) in [6, 6.07) is 3.23. The number of ether oxygens (including phenoxy) is 1. The number of hydrogen-bond acceptors (Lipinski definition) is 7.